The normalized spacial score (nSPS) is 20.1. The molecule has 2 fully saturated rings. The monoisotopic (exact) mass is 262 g/mol. The molecule has 0 atom stereocenters. The Balaban J connectivity index is 1.76. The maximum atomic E-state index is 11.0. The van der Waals surface area contributed by atoms with E-state index in [0.717, 1.165) is 12.5 Å². The summed E-state index contributed by atoms with van der Waals surface area (Å²) in [5.74, 6) is 0.820. The van der Waals surface area contributed by atoms with E-state index >= 15 is 0 Å². The summed E-state index contributed by atoms with van der Waals surface area (Å²) in [4.78, 5) is 10.6. The number of benzene rings is 1. The number of aliphatic hydroxyl groups excluding tert-OH is 1. The van der Waals surface area contributed by atoms with Crippen LogP contribution in [-0.4, -0.2) is 16.6 Å². The molecule has 0 aromatic heterocycles. The Morgan fingerprint density at radius 1 is 1.42 bits per heavy atom. The highest BCUT2D eigenvalue weighted by molar-refractivity contribution is 5.63. The van der Waals surface area contributed by atoms with Gasteiger partial charge in [-0.25, -0.2) is 0 Å². The second kappa shape index (κ2) is 4.49. The third-order valence-electron chi connectivity index (χ3n) is 4.41. The first-order valence-electron chi connectivity index (χ1n) is 6.77. The molecule has 5 nitrogen and oxygen atoms in total. The Morgan fingerprint density at radius 3 is 2.68 bits per heavy atom. The van der Waals surface area contributed by atoms with E-state index in [0.29, 0.717) is 16.7 Å². The van der Waals surface area contributed by atoms with E-state index in [1.165, 1.54) is 31.7 Å². The van der Waals surface area contributed by atoms with Crippen molar-refractivity contribution in [1.82, 2.24) is 0 Å². The zero-order chi connectivity index (χ0) is 13.5. The predicted molar refractivity (Wildman–Crippen MR) is 71.9 cm³/mol. The molecular formula is C14H18N2O3. The molecule has 2 aliphatic rings. The van der Waals surface area contributed by atoms with Gasteiger partial charge in [-0.3, -0.25) is 10.1 Å². The van der Waals surface area contributed by atoms with Gasteiger partial charge in [0.25, 0.3) is 5.69 Å². The van der Waals surface area contributed by atoms with Gasteiger partial charge in [0, 0.05) is 12.6 Å². The first kappa shape index (κ1) is 12.4. The Hall–Kier alpha value is -1.62. The van der Waals surface area contributed by atoms with Crippen LogP contribution in [0, 0.1) is 21.4 Å². The molecule has 0 aliphatic heterocycles. The Labute approximate surface area is 111 Å². The summed E-state index contributed by atoms with van der Waals surface area (Å²) in [6, 6.07) is 4.74. The summed E-state index contributed by atoms with van der Waals surface area (Å²) in [5, 5.41) is 23.4. The van der Waals surface area contributed by atoms with Crippen LogP contribution < -0.4 is 5.32 Å². The van der Waals surface area contributed by atoms with Crippen LogP contribution >= 0.6 is 0 Å². The molecule has 2 aliphatic carbocycles. The van der Waals surface area contributed by atoms with Gasteiger partial charge < -0.3 is 10.4 Å². The van der Waals surface area contributed by atoms with E-state index in [9.17, 15) is 10.1 Å². The molecule has 0 unspecified atom stereocenters. The average molecular weight is 262 g/mol. The summed E-state index contributed by atoms with van der Waals surface area (Å²) in [7, 11) is 0. The summed E-state index contributed by atoms with van der Waals surface area (Å²) >= 11 is 0. The van der Waals surface area contributed by atoms with Crippen LogP contribution in [0.4, 0.5) is 11.4 Å². The minimum atomic E-state index is -0.375. The van der Waals surface area contributed by atoms with Crippen LogP contribution in [0.5, 0.6) is 0 Å². The lowest BCUT2D eigenvalue weighted by Gasteiger charge is -2.16. The van der Waals surface area contributed by atoms with Gasteiger partial charge in [-0.05, 0) is 54.7 Å². The molecule has 0 bridgehead atoms. The molecule has 0 amide bonds. The first-order chi connectivity index (χ1) is 9.14. The van der Waals surface area contributed by atoms with Crippen molar-refractivity contribution in [3.05, 3.63) is 33.9 Å². The number of hydrogen-bond donors (Lipinski definition) is 2. The van der Waals surface area contributed by atoms with E-state index in [1.807, 2.05) is 0 Å². The SMILES string of the molecule is O=[N+]([O-])c1ccc(CO)cc1NCC1(C2CC2)CC1. The van der Waals surface area contributed by atoms with Crippen LogP contribution in [0.2, 0.25) is 0 Å². The number of nitro benzene ring substituents is 1. The third-order valence-corrected chi connectivity index (χ3v) is 4.41. The fourth-order valence-corrected chi connectivity index (χ4v) is 2.84. The third kappa shape index (κ3) is 2.42. The van der Waals surface area contributed by atoms with Crippen molar-refractivity contribution in [3.8, 4) is 0 Å². The van der Waals surface area contributed by atoms with Gasteiger partial charge in [-0.1, -0.05) is 0 Å². The van der Waals surface area contributed by atoms with Crippen molar-refractivity contribution in [2.24, 2.45) is 11.3 Å². The van der Waals surface area contributed by atoms with Crippen molar-refractivity contribution in [3.63, 3.8) is 0 Å². The topological polar surface area (TPSA) is 75.4 Å². The molecule has 2 N–H and O–H groups in total. The molecule has 0 saturated heterocycles. The lowest BCUT2D eigenvalue weighted by Crippen LogP contribution is -2.18. The second-order valence-electron chi connectivity index (χ2n) is 5.76. The van der Waals surface area contributed by atoms with E-state index in [2.05, 4.69) is 5.32 Å². The first-order valence-corrected chi connectivity index (χ1v) is 6.77. The lowest BCUT2D eigenvalue weighted by atomic mass is 10.0. The molecule has 3 rings (SSSR count). The van der Waals surface area contributed by atoms with Crippen LogP contribution in [-0.2, 0) is 6.61 Å². The van der Waals surface area contributed by atoms with Gasteiger partial charge in [0.2, 0.25) is 0 Å². The van der Waals surface area contributed by atoms with Gasteiger partial charge in [0.1, 0.15) is 5.69 Å². The van der Waals surface area contributed by atoms with E-state index in [1.54, 1.807) is 12.1 Å². The van der Waals surface area contributed by atoms with E-state index < -0.39 is 0 Å². The summed E-state index contributed by atoms with van der Waals surface area (Å²) in [5.41, 5.74) is 1.71. The smallest absolute Gasteiger partial charge is 0.292 e. The predicted octanol–water partition coefficient (Wildman–Crippen LogP) is 2.69. The van der Waals surface area contributed by atoms with Crippen molar-refractivity contribution < 1.29 is 10.0 Å². The number of rotatable bonds is 6. The summed E-state index contributed by atoms with van der Waals surface area (Å²) in [6.45, 7) is 0.716. The molecule has 19 heavy (non-hydrogen) atoms. The Morgan fingerprint density at radius 2 is 2.16 bits per heavy atom. The van der Waals surface area contributed by atoms with E-state index in [-0.39, 0.29) is 17.2 Å². The van der Waals surface area contributed by atoms with Gasteiger partial charge >= 0.3 is 0 Å². The zero-order valence-electron chi connectivity index (χ0n) is 10.8. The number of nitrogens with zero attached hydrogens (tertiary/aromatic N) is 1. The second-order valence-corrected chi connectivity index (χ2v) is 5.76. The number of aliphatic hydroxyl groups is 1. The number of nitro groups is 1. The molecular weight excluding hydrogens is 244 g/mol. The highest BCUT2D eigenvalue weighted by Gasteiger charge is 2.53. The number of anilines is 1. The van der Waals surface area contributed by atoms with Crippen LogP contribution in [0.25, 0.3) is 0 Å². The number of hydrogen-bond acceptors (Lipinski definition) is 4. The number of nitrogens with one attached hydrogen (secondary N) is 1. The summed E-state index contributed by atoms with van der Waals surface area (Å²) < 4.78 is 0. The van der Waals surface area contributed by atoms with Crippen molar-refractivity contribution in [2.45, 2.75) is 32.3 Å². The largest absolute Gasteiger partial charge is 0.392 e. The van der Waals surface area contributed by atoms with Crippen molar-refractivity contribution in [1.29, 1.82) is 0 Å². The highest BCUT2D eigenvalue weighted by atomic mass is 16.6. The zero-order valence-corrected chi connectivity index (χ0v) is 10.8. The Bertz CT molecular complexity index is 507. The standard InChI is InChI=1S/C14H18N2O3/c17-8-10-1-4-13(16(18)19)12(7-10)15-9-14(5-6-14)11-2-3-11/h1,4,7,11,15,17H,2-3,5-6,8-9H2. The molecule has 0 heterocycles. The minimum Gasteiger partial charge on any atom is -0.392 e. The molecule has 2 saturated carbocycles. The lowest BCUT2D eigenvalue weighted by molar-refractivity contribution is -0.384. The van der Waals surface area contributed by atoms with Crippen LogP contribution in [0.1, 0.15) is 31.2 Å². The van der Waals surface area contributed by atoms with E-state index in [4.69, 9.17) is 5.11 Å². The molecule has 5 heteroatoms. The molecule has 0 radical (unpaired) electrons. The molecule has 1 aromatic carbocycles. The summed E-state index contributed by atoms with van der Waals surface area (Å²) in [6.07, 6.45) is 5.08. The van der Waals surface area contributed by atoms with Gasteiger partial charge in [0.15, 0.2) is 0 Å². The maximum Gasteiger partial charge on any atom is 0.292 e. The average Bonchev–Trinajstić information content (AvgIpc) is 3.28. The van der Waals surface area contributed by atoms with Crippen molar-refractivity contribution in [2.75, 3.05) is 11.9 Å². The van der Waals surface area contributed by atoms with Crippen LogP contribution in [0.3, 0.4) is 0 Å². The highest BCUT2D eigenvalue weighted by Crippen LogP contribution is 2.61. The fourth-order valence-electron chi connectivity index (χ4n) is 2.84. The van der Waals surface area contributed by atoms with Crippen LogP contribution in [0.15, 0.2) is 18.2 Å². The van der Waals surface area contributed by atoms with Gasteiger partial charge in [-0.15, -0.1) is 0 Å². The molecule has 1 aromatic rings. The molecule has 0 spiro atoms. The minimum absolute atomic E-state index is 0.0868. The van der Waals surface area contributed by atoms with Crippen molar-refractivity contribution >= 4 is 11.4 Å². The van der Waals surface area contributed by atoms with Gasteiger partial charge in [-0.2, -0.15) is 0 Å². The maximum absolute atomic E-state index is 11.0. The van der Waals surface area contributed by atoms with Gasteiger partial charge in [0.05, 0.1) is 11.5 Å². The fraction of sp³-hybridized carbons (Fsp3) is 0.571. The quantitative estimate of drug-likeness (QED) is 0.610. The Kier molecular flexibility index (Phi) is 2.93. The molecule has 102 valence electrons.